The molecule has 1 rings (SSSR count). The van der Waals surface area contributed by atoms with Gasteiger partial charge in [-0.05, 0) is 33.6 Å². The van der Waals surface area contributed by atoms with E-state index in [2.05, 4.69) is 34.5 Å². The van der Waals surface area contributed by atoms with Crippen molar-refractivity contribution in [3.63, 3.8) is 0 Å². The first-order valence-electron chi connectivity index (χ1n) is 9.64. The lowest BCUT2D eigenvalue weighted by Crippen LogP contribution is -2.47. The summed E-state index contributed by atoms with van der Waals surface area (Å²) < 4.78 is 5.46. The van der Waals surface area contributed by atoms with Crippen molar-refractivity contribution in [1.82, 2.24) is 15.6 Å². The van der Waals surface area contributed by atoms with Crippen molar-refractivity contribution in [3.8, 4) is 5.75 Å². The molecule has 1 aromatic rings. The summed E-state index contributed by atoms with van der Waals surface area (Å²) in [5.74, 6) is 1.56. The second-order valence-corrected chi connectivity index (χ2v) is 6.82. The minimum absolute atomic E-state index is 0.456. The van der Waals surface area contributed by atoms with E-state index in [1.165, 1.54) is 0 Å². The number of hydrogen-bond donors (Lipinski definition) is 3. The summed E-state index contributed by atoms with van der Waals surface area (Å²) >= 11 is 0. The molecule has 6 nitrogen and oxygen atoms in total. The predicted molar refractivity (Wildman–Crippen MR) is 108 cm³/mol. The summed E-state index contributed by atoms with van der Waals surface area (Å²) in [6.45, 7) is 11.9. The van der Waals surface area contributed by atoms with E-state index < -0.39 is 5.60 Å². The largest absolute Gasteiger partial charge is 0.496 e. The number of aliphatic imine (C=N–C) groups is 1. The van der Waals surface area contributed by atoms with Gasteiger partial charge in [-0.3, -0.25) is 4.98 Å². The first kappa shape index (κ1) is 22.2. The van der Waals surface area contributed by atoms with Gasteiger partial charge in [0.05, 0.1) is 24.9 Å². The fourth-order valence-electron chi connectivity index (χ4n) is 3.21. The fraction of sp³-hybridized carbons (Fsp3) is 0.700. The molecule has 0 aliphatic heterocycles. The molecule has 0 aliphatic rings. The lowest BCUT2D eigenvalue weighted by molar-refractivity contribution is 0.0257. The number of rotatable bonds is 10. The molecular formula is C20H36N4O2. The molecule has 0 spiro atoms. The first-order valence-corrected chi connectivity index (χ1v) is 9.64. The van der Waals surface area contributed by atoms with Crippen molar-refractivity contribution in [1.29, 1.82) is 0 Å². The van der Waals surface area contributed by atoms with Gasteiger partial charge in [-0.15, -0.1) is 0 Å². The van der Waals surface area contributed by atoms with Gasteiger partial charge in [0, 0.05) is 30.4 Å². The second-order valence-electron chi connectivity index (χ2n) is 6.82. The van der Waals surface area contributed by atoms with Crippen LogP contribution in [-0.4, -0.2) is 41.9 Å². The highest BCUT2D eigenvalue weighted by molar-refractivity contribution is 5.79. The maximum absolute atomic E-state index is 10.8. The zero-order valence-electron chi connectivity index (χ0n) is 17.3. The molecule has 0 radical (unpaired) electrons. The third-order valence-corrected chi connectivity index (χ3v) is 4.50. The number of nitrogens with zero attached hydrogens (tertiary/aromatic N) is 2. The van der Waals surface area contributed by atoms with Crippen LogP contribution >= 0.6 is 0 Å². The van der Waals surface area contributed by atoms with Crippen molar-refractivity contribution in [3.05, 3.63) is 23.0 Å². The average Bonchev–Trinajstić information content (AvgIpc) is 2.59. The van der Waals surface area contributed by atoms with Crippen LogP contribution in [0.3, 0.4) is 0 Å². The molecule has 3 N–H and O–H groups in total. The maximum atomic E-state index is 10.8. The molecule has 0 atom stereocenters. The van der Waals surface area contributed by atoms with Crippen LogP contribution in [0.2, 0.25) is 0 Å². The monoisotopic (exact) mass is 364 g/mol. The minimum Gasteiger partial charge on any atom is -0.496 e. The van der Waals surface area contributed by atoms with E-state index in [-0.39, 0.29) is 0 Å². The molecule has 0 amide bonds. The topological polar surface area (TPSA) is 78.8 Å². The lowest BCUT2D eigenvalue weighted by atomic mass is 9.93. The van der Waals surface area contributed by atoms with Gasteiger partial charge in [-0.2, -0.15) is 0 Å². The van der Waals surface area contributed by atoms with E-state index in [4.69, 9.17) is 4.74 Å². The van der Waals surface area contributed by atoms with Crippen molar-refractivity contribution < 1.29 is 9.84 Å². The van der Waals surface area contributed by atoms with Crippen molar-refractivity contribution in [2.24, 2.45) is 4.99 Å². The highest BCUT2D eigenvalue weighted by Gasteiger charge is 2.24. The number of ether oxygens (including phenoxy) is 1. The molecule has 0 fully saturated rings. The van der Waals surface area contributed by atoms with Crippen LogP contribution in [0.25, 0.3) is 0 Å². The van der Waals surface area contributed by atoms with E-state index in [0.717, 1.165) is 54.8 Å². The SMILES string of the molecule is CCCC(O)(CCC)CNC(=NCc1ncc(C)c(OC)c1C)NCC. The van der Waals surface area contributed by atoms with Crippen molar-refractivity contribution in [2.45, 2.75) is 72.4 Å². The summed E-state index contributed by atoms with van der Waals surface area (Å²) in [5.41, 5.74) is 2.23. The molecule has 26 heavy (non-hydrogen) atoms. The molecule has 1 aromatic heterocycles. The molecule has 0 unspecified atom stereocenters. The Morgan fingerprint density at radius 2 is 1.85 bits per heavy atom. The Morgan fingerprint density at radius 3 is 2.38 bits per heavy atom. The number of nitrogens with one attached hydrogen (secondary N) is 2. The van der Waals surface area contributed by atoms with Gasteiger partial charge in [-0.25, -0.2) is 4.99 Å². The van der Waals surface area contributed by atoms with Gasteiger partial charge >= 0.3 is 0 Å². The van der Waals surface area contributed by atoms with Crippen LogP contribution in [0.15, 0.2) is 11.2 Å². The number of hydrogen-bond acceptors (Lipinski definition) is 4. The zero-order chi connectivity index (χ0) is 19.6. The van der Waals surface area contributed by atoms with Crippen LogP contribution in [0.1, 0.15) is 63.3 Å². The first-order chi connectivity index (χ1) is 12.4. The van der Waals surface area contributed by atoms with E-state index in [9.17, 15) is 5.11 Å². The van der Waals surface area contributed by atoms with E-state index in [1.54, 1.807) is 7.11 Å². The molecule has 0 saturated heterocycles. The highest BCUT2D eigenvalue weighted by atomic mass is 16.5. The van der Waals surface area contributed by atoms with Crippen LogP contribution in [0.5, 0.6) is 5.75 Å². The Kier molecular flexibility index (Phi) is 9.41. The summed E-state index contributed by atoms with van der Waals surface area (Å²) in [6, 6.07) is 0. The molecular weight excluding hydrogens is 328 g/mol. The van der Waals surface area contributed by atoms with E-state index >= 15 is 0 Å². The molecule has 0 saturated carbocycles. The summed E-state index contributed by atoms with van der Waals surface area (Å²) in [7, 11) is 1.68. The molecule has 0 aromatic carbocycles. The average molecular weight is 365 g/mol. The van der Waals surface area contributed by atoms with Gasteiger partial charge in [0.25, 0.3) is 0 Å². The predicted octanol–water partition coefficient (Wildman–Crippen LogP) is 3.09. The molecule has 1 heterocycles. The standard InChI is InChI=1S/C20H36N4O2/c1-7-10-20(25,11-8-2)14-24-19(21-9-3)23-13-17-16(5)18(26-6)15(4)12-22-17/h12,25H,7-11,13-14H2,1-6H3,(H2,21,23,24). The summed E-state index contributed by atoms with van der Waals surface area (Å²) in [6.07, 6.45) is 5.29. The quantitative estimate of drug-likeness (QED) is 0.439. The van der Waals surface area contributed by atoms with Gasteiger partial charge in [-0.1, -0.05) is 26.7 Å². The number of guanidine groups is 1. The normalized spacial score (nSPS) is 12.2. The van der Waals surface area contributed by atoms with Gasteiger partial charge in [0.2, 0.25) is 0 Å². The Bertz CT molecular complexity index is 581. The highest BCUT2D eigenvalue weighted by Crippen LogP contribution is 2.24. The van der Waals surface area contributed by atoms with Crippen molar-refractivity contribution >= 4 is 5.96 Å². The maximum Gasteiger partial charge on any atom is 0.191 e. The van der Waals surface area contributed by atoms with Gasteiger partial charge in [0.15, 0.2) is 5.96 Å². The molecule has 0 aliphatic carbocycles. The lowest BCUT2D eigenvalue weighted by Gasteiger charge is -2.28. The third-order valence-electron chi connectivity index (χ3n) is 4.50. The van der Waals surface area contributed by atoms with Crippen LogP contribution < -0.4 is 15.4 Å². The van der Waals surface area contributed by atoms with E-state index in [0.29, 0.717) is 19.0 Å². The Labute approximate surface area is 158 Å². The van der Waals surface area contributed by atoms with Crippen LogP contribution in [0.4, 0.5) is 0 Å². The Morgan fingerprint density at radius 1 is 1.19 bits per heavy atom. The molecule has 0 bridgehead atoms. The molecule has 148 valence electrons. The number of aryl methyl sites for hydroxylation is 1. The molecule has 6 heteroatoms. The smallest absolute Gasteiger partial charge is 0.191 e. The number of pyridine rings is 1. The fourth-order valence-corrected chi connectivity index (χ4v) is 3.21. The number of aliphatic hydroxyl groups is 1. The second kappa shape index (κ2) is 11.0. The van der Waals surface area contributed by atoms with Crippen LogP contribution in [-0.2, 0) is 6.54 Å². The van der Waals surface area contributed by atoms with Crippen molar-refractivity contribution in [2.75, 3.05) is 20.2 Å². The summed E-state index contributed by atoms with van der Waals surface area (Å²) in [4.78, 5) is 9.13. The van der Waals surface area contributed by atoms with Crippen LogP contribution in [0, 0.1) is 13.8 Å². The Hall–Kier alpha value is -1.82. The number of aromatic nitrogens is 1. The number of methoxy groups -OCH3 is 1. The van der Waals surface area contributed by atoms with E-state index in [1.807, 2.05) is 27.0 Å². The van der Waals surface area contributed by atoms with Gasteiger partial charge in [0.1, 0.15) is 5.75 Å². The van der Waals surface area contributed by atoms with Gasteiger partial charge < -0.3 is 20.5 Å². The third kappa shape index (κ3) is 6.48. The summed E-state index contributed by atoms with van der Waals surface area (Å²) in [5, 5.41) is 17.3. The zero-order valence-corrected chi connectivity index (χ0v) is 17.3. The minimum atomic E-state index is -0.694. The Balaban J connectivity index is 2.86.